The number of hydrogen-bond donors (Lipinski definition) is 1. The summed E-state index contributed by atoms with van der Waals surface area (Å²) in [6.07, 6.45) is -0.445. The molecular weight excluding hydrogens is 378 g/mol. The van der Waals surface area contributed by atoms with Gasteiger partial charge in [-0.3, -0.25) is 14.9 Å². The number of nitro benzene ring substituents is 1. The molecule has 1 N–H and O–H groups in total. The van der Waals surface area contributed by atoms with Gasteiger partial charge in [0.15, 0.2) is 0 Å². The van der Waals surface area contributed by atoms with Crippen LogP contribution in [-0.4, -0.2) is 15.7 Å². The van der Waals surface area contributed by atoms with Crippen molar-refractivity contribution in [2.24, 2.45) is 0 Å². The zero-order valence-electron chi connectivity index (χ0n) is 14.7. The molecule has 1 aliphatic heterocycles. The molecule has 0 saturated carbocycles. The first-order chi connectivity index (χ1) is 13.5. The second kappa shape index (κ2) is 7.32. The smallest absolute Gasteiger partial charge is 0.269 e. The van der Waals surface area contributed by atoms with E-state index in [1.165, 1.54) is 12.1 Å². The largest absolute Gasteiger partial charge is 0.361 e. The van der Waals surface area contributed by atoms with Crippen LogP contribution < -0.4 is 5.32 Å². The lowest BCUT2D eigenvalue weighted by molar-refractivity contribution is -0.384. The fourth-order valence-electron chi connectivity index (χ4n) is 3.28. The molecule has 0 aromatic heterocycles. The van der Waals surface area contributed by atoms with Crippen LogP contribution in [0.15, 0.2) is 72.8 Å². The van der Waals surface area contributed by atoms with Gasteiger partial charge in [0.2, 0.25) is 0 Å². The van der Waals surface area contributed by atoms with Crippen LogP contribution in [0.4, 0.5) is 11.4 Å². The maximum absolute atomic E-state index is 13.2. The summed E-state index contributed by atoms with van der Waals surface area (Å²) in [5.74, 6) is -0.104. The fourth-order valence-corrected chi connectivity index (χ4v) is 3.41. The third kappa shape index (κ3) is 3.42. The summed E-state index contributed by atoms with van der Waals surface area (Å²) in [5, 5.41) is 15.0. The Labute approximate surface area is 166 Å². The number of rotatable bonds is 4. The Morgan fingerprint density at radius 1 is 1.00 bits per heavy atom. The maximum Gasteiger partial charge on any atom is 0.269 e. The minimum absolute atomic E-state index is 0.00976. The summed E-state index contributed by atoms with van der Waals surface area (Å²) >= 11 is 5.97. The van der Waals surface area contributed by atoms with Crippen molar-refractivity contribution in [3.05, 3.63) is 105 Å². The summed E-state index contributed by atoms with van der Waals surface area (Å²) in [6, 6.07) is 20.9. The number of fused-ring (bicyclic) bond motifs is 1. The van der Waals surface area contributed by atoms with Gasteiger partial charge >= 0.3 is 0 Å². The molecule has 0 bridgehead atoms. The average Bonchev–Trinajstić information content (AvgIpc) is 2.71. The number of benzene rings is 3. The Kier molecular flexibility index (Phi) is 4.71. The van der Waals surface area contributed by atoms with E-state index in [2.05, 4.69) is 5.32 Å². The number of amides is 1. The third-order valence-corrected chi connectivity index (χ3v) is 4.96. The summed E-state index contributed by atoms with van der Waals surface area (Å²) in [6.45, 7) is 0.374. The zero-order valence-corrected chi connectivity index (χ0v) is 15.5. The standard InChI is InChI=1S/C21H16ClN3O3/c22-16-9-5-14(6-10-16)13-24-20(15-7-11-17(12-8-15)25(27)28)23-19-4-2-1-3-18(19)21(24)26/h1-12,20,23H,13H2/t20-/m0/s1. The van der Waals surface area contributed by atoms with Gasteiger partial charge in [0.25, 0.3) is 11.6 Å². The Morgan fingerprint density at radius 3 is 2.36 bits per heavy atom. The topological polar surface area (TPSA) is 75.5 Å². The molecule has 1 amide bonds. The second-order valence-electron chi connectivity index (χ2n) is 6.50. The minimum Gasteiger partial charge on any atom is -0.361 e. The fraction of sp³-hybridized carbons (Fsp3) is 0.0952. The van der Waals surface area contributed by atoms with E-state index in [-0.39, 0.29) is 11.6 Å². The Balaban J connectivity index is 1.73. The second-order valence-corrected chi connectivity index (χ2v) is 6.94. The number of carbonyl (C=O) groups is 1. The van der Waals surface area contributed by atoms with Crippen molar-refractivity contribution in [2.45, 2.75) is 12.7 Å². The van der Waals surface area contributed by atoms with Crippen molar-refractivity contribution in [3.63, 3.8) is 0 Å². The average molecular weight is 394 g/mol. The van der Waals surface area contributed by atoms with E-state index in [1.807, 2.05) is 30.3 Å². The Hall–Kier alpha value is -3.38. The van der Waals surface area contributed by atoms with Crippen molar-refractivity contribution in [1.29, 1.82) is 0 Å². The van der Waals surface area contributed by atoms with E-state index >= 15 is 0 Å². The van der Waals surface area contributed by atoms with Gasteiger partial charge < -0.3 is 10.2 Å². The van der Waals surface area contributed by atoms with E-state index in [4.69, 9.17) is 11.6 Å². The van der Waals surface area contributed by atoms with Gasteiger partial charge in [0.05, 0.1) is 10.5 Å². The number of hydrogen-bond acceptors (Lipinski definition) is 4. The van der Waals surface area contributed by atoms with Gasteiger partial charge in [-0.1, -0.05) is 35.9 Å². The molecule has 1 atom stereocenters. The maximum atomic E-state index is 13.2. The molecule has 0 saturated heterocycles. The highest BCUT2D eigenvalue weighted by Crippen LogP contribution is 2.34. The van der Waals surface area contributed by atoms with Crippen LogP contribution in [0.1, 0.15) is 27.7 Å². The van der Waals surface area contributed by atoms with E-state index in [9.17, 15) is 14.9 Å². The number of halogens is 1. The first kappa shape index (κ1) is 18.0. The van der Waals surface area contributed by atoms with Crippen molar-refractivity contribution in [3.8, 4) is 0 Å². The highest BCUT2D eigenvalue weighted by molar-refractivity contribution is 6.30. The summed E-state index contributed by atoms with van der Waals surface area (Å²) in [7, 11) is 0. The van der Waals surface area contributed by atoms with E-state index in [1.54, 1.807) is 35.2 Å². The molecule has 3 aromatic rings. The predicted molar refractivity (Wildman–Crippen MR) is 107 cm³/mol. The molecule has 1 heterocycles. The lowest BCUT2D eigenvalue weighted by atomic mass is 10.0. The SMILES string of the molecule is O=C1c2ccccc2N[C@H](c2ccc([N+](=O)[O-])cc2)N1Cc1ccc(Cl)cc1. The zero-order chi connectivity index (χ0) is 19.7. The Bertz CT molecular complexity index is 1040. The molecule has 0 radical (unpaired) electrons. The molecule has 3 aromatic carbocycles. The van der Waals surface area contributed by atoms with E-state index in [0.717, 1.165) is 16.8 Å². The number of para-hydroxylation sites is 1. The first-order valence-electron chi connectivity index (χ1n) is 8.68. The van der Waals surface area contributed by atoms with Gasteiger partial charge in [-0.25, -0.2) is 0 Å². The molecule has 1 aliphatic rings. The van der Waals surface area contributed by atoms with E-state index in [0.29, 0.717) is 17.1 Å². The predicted octanol–water partition coefficient (Wildman–Crippen LogP) is 5.01. The van der Waals surface area contributed by atoms with Crippen LogP contribution in [0.3, 0.4) is 0 Å². The quantitative estimate of drug-likeness (QED) is 0.499. The Morgan fingerprint density at radius 2 is 1.68 bits per heavy atom. The van der Waals surface area contributed by atoms with Crippen LogP contribution in [-0.2, 0) is 6.54 Å². The molecule has 4 rings (SSSR count). The molecule has 0 aliphatic carbocycles. The molecule has 0 unspecified atom stereocenters. The highest BCUT2D eigenvalue weighted by atomic mass is 35.5. The van der Waals surface area contributed by atoms with Crippen LogP contribution in [0.25, 0.3) is 0 Å². The van der Waals surface area contributed by atoms with Gasteiger partial charge in [0.1, 0.15) is 6.17 Å². The highest BCUT2D eigenvalue weighted by Gasteiger charge is 2.33. The summed E-state index contributed by atoms with van der Waals surface area (Å²) < 4.78 is 0. The molecule has 0 spiro atoms. The van der Waals surface area contributed by atoms with Crippen molar-refractivity contribution in [1.82, 2.24) is 4.90 Å². The monoisotopic (exact) mass is 393 g/mol. The van der Waals surface area contributed by atoms with Gasteiger partial charge in [0, 0.05) is 29.4 Å². The number of carbonyl (C=O) groups excluding carboxylic acids is 1. The van der Waals surface area contributed by atoms with Crippen LogP contribution in [0.2, 0.25) is 5.02 Å². The van der Waals surface area contributed by atoms with Crippen LogP contribution in [0, 0.1) is 10.1 Å². The van der Waals surface area contributed by atoms with Gasteiger partial charge in [-0.05, 0) is 47.5 Å². The number of nitrogens with one attached hydrogen (secondary N) is 1. The van der Waals surface area contributed by atoms with Crippen LogP contribution >= 0.6 is 11.6 Å². The number of nitro groups is 1. The molecule has 0 fully saturated rings. The van der Waals surface area contributed by atoms with E-state index < -0.39 is 11.1 Å². The molecule has 6 nitrogen and oxygen atoms in total. The van der Waals surface area contributed by atoms with Crippen molar-refractivity contribution < 1.29 is 9.72 Å². The molecule has 140 valence electrons. The van der Waals surface area contributed by atoms with Crippen molar-refractivity contribution >= 4 is 28.9 Å². The molecule has 28 heavy (non-hydrogen) atoms. The first-order valence-corrected chi connectivity index (χ1v) is 9.06. The summed E-state index contributed by atoms with van der Waals surface area (Å²) in [5.41, 5.74) is 3.04. The van der Waals surface area contributed by atoms with Crippen molar-refractivity contribution in [2.75, 3.05) is 5.32 Å². The number of non-ortho nitro benzene ring substituents is 1. The normalized spacial score (nSPS) is 15.7. The van der Waals surface area contributed by atoms with Gasteiger partial charge in [-0.15, -0.1) is 0 Å². The van der Waals surface area contributed by atoms with Crippen LogP contribution in [0.5, 0.6) is 0 Å². The molecule has 7 heteroatoms. The third-order valence-electron chi connectivity index (χ3n) is 4.71. The van der Waals surface area contributed by atoms with Gasteiger partial charge in [-0.2, -0.15) is 0 Å². The minimum atomic E-state index is -0.445. The lowest BCUT2D eigenvalue weighted by Crippen LogP contribution is -2.42. The number of anilines is 1. The number of nitrogens with zero attached hydrogens (tertiary/aromatic N) is 2. The molecular formula is C21H16ClN3O3. The lowest BCUT2D eigenvalue weighted by Gasteiger charge is -2.38. The summed E-state index contributed by atoms with van der Waals surface area (Å²) in [4.78, 5) is 25.4.